The van der Waals surface area contributed by atoms with Crippen LogP contribution in [0.3, 0.4) is 0 Å². The van der Waals surface area contributed by atoms with Crippen LogP contribution in [0.15, 0.2) is 18.2 Å². The Morgan fingerprint density at radius 2 is 2.38 bits per heavy atom. The Kier molecular flexibility index (Phi) is 5.96. The van der Waals surface area contributed by atoms with Crippen molar-refractivity contribution in [3.05, 3.63) is 29.0 Å². The van der Waals surface area contributed by atoms with E-state index in [0.717, 1.165) is 32.7 Å². The summed E-state index contributed by atoms with van der Waals surface area (Å²) in [6.45, 7) is 5.53. The van der Waals surface area contributed by atoms with Crippen molar-refractivity contribution in [3.8, 4) is 0 Å². The number of likely N-dealkylation sites (N-methyl/N-ethyl adjacent to an activating group) is 1. The molecule has 1 aliphatic rings. The van der Waals surface area contributed by atoms with Gasteiger partial charge in [-0.1, -0.05) is 18.5 Å². The van der Waals surface area contributed by atoms with Crippen LogP contribution in [0.25, 0.3) is 0 Å². The number of carbonyl (C=O) groups is 1. The first-order chi connectivity index (χ1) is 10.1. The van der Waals surface area contributed by atoms with Crippen molar-refractivity contribution in [1.29, 1.82) is 0 Å². The number of benzene rings is 1. The molecular weight excluding hydrogens is 295 g/mol. The third kappa shape index (κ3) is 4.95. The largest absolute Gasteiger partial charge is 0.381 e. The topological polar surface area (TPSA) is 41.6 Å². The average molecular weight is 315 g/mol. The minimum atomic E-state index is -0.422. The van der Waals surface area contributed by atoms with E-state index < -0.39 is 5.82 Å². The minimum Gasteiger partial charge on any atom is -0.381 e. The summed E-state index contributed by atoms with van der Waals surface area (Å²) in [6.07, 6.45) is 1.04. The van der Waals surface area contributed by atoms with Crippen molar-refractivity contribution in [2.24, 2.45) is 5.92 Å². The van der Waals surface area contributed by atoms with Gasteiger partial charge in [0.2, 0.25) is 5.91 Å². The van der Waals surface area contributed by atoms with Gasteiger partial charge in [-0.2, -0.15) is 0 Å². The molecule has 1 unspecified atom stereocenters. The van der Waals surface area contributed by atoms with E-state index in [9.17, 15) is 9.18 Å². The van der Waals surface area contributed by atoms with E-state index in [1.54, 1.807) is 0 Å². The number of hydrogen-bond acceptors (Lipinski definition) is 3. The molecule has 4 nitrogen and oxygen atoms in total. The summed E-state index contributed by atoms with van der Waals surface area (Å²) >= 11 is 5.90. The summed E-state index contributed by atoms with van der Waals surface area (Å²) in [5.41, 5.74) is 0.434. The van der Waals surface area contributed by atoms with E-state index >= 15 is 0 Å². The van der Waals surface area contributed by atoms with Gasteiger partial charge in [-0.3, -0.25) is 9.69 Å². The molecule has 0 bridgehead atoms. The molecular formula is C15H20ClFN2O2. The zero-order valence-corrected chi connectivity index (χ0v) is 12.8. The first-order valence-electron chi connectivity index (χ1n) is 7.13. The van der Waals surface area contributed by atoms with Crippen LogP contribution < -0.4 is 5.32 Å². The number of nitrogens with zero attached hydrogens (tertiary/aromatic N) is 1. The molecule has 0 spiro atoms. The van der Waals surface area contributed by atoms with Crippen LogP contribution in [-0.2, 0) is 9.53 Å². The summed E-state index contributed by atoms with van der Waals surface area (Å²) in [6, 6.07) is 3.93. The highest BCUT2D eigenvalue weighted by Crippen LogP contribution is 2.22. The quantitative estimate of drug-likeness (QED) is 0.878. The van der Waals surface area contributed by atoms with Crippen LogP contribution >= 0.6 is 11.6 Å². The average Bonchev–Trinajstić information content (AvgIpc) is 2.94. The molecule has 1 aliphatic heterocycles. The minimum absolute atomic E-state index is 0.149. The second-order valence-corrected chi connectivity index (χ2v) is 5.64. The molecule has 1 amide bonds. The number of rotatable bonds is 6. The van der Waals surface area contributed by atoms with Gasteiger partial charge in [0.05, 0.1) is 23.9 Å². The third-order valence-electron chi connectivity index (χ3n) is 3.56. The highest BCUT2D eigenvalue weighted by Gasteiger charge is 2.20. The van der Waals surface area contributed by atoms with E-state index in [1.165, 1.54) is 18.2 Å². The maximum absolute atomic E-state index is 13.0. The van der Waals surface area contributed by atoms with Crippen molar-refractivity contribution < 1.29 is 13.9 Å². The van der Waals surface area contributed by atoms with E-state index in [2.05, 4.69) is 10.2 Å². The molecule has 116 valence electrons. The summed E-state index contributed by atoms with van der Waals surface area (Å²) < 4.78 is 18.3. The van der Waals surface area contributed by atoms with Crippen LogP contribution in [0.2, 0.25) is 5.02 Å². The van der Waals surface area contributed by atoms with Crippen LogP contribution in [-0.4, -0.2) is 43.7 Å². The molecule has 1 saturated heterocycles. The monoisotopic (exact) mass is 314 g/mol. The lowest BCUT2D eigenvalue weighted by Crippen LogP contribution is -2.36. The van der Waals surface area contributed by atoms with Crippen LogP contribution in [0.5, 0.6) is 0 Å². The number of ether oxygens (including phenoxy) is 1. The zero-order valence-electron chi connectivity index (χ0n) is 12.1. The van der Waals surface area contributed by atoms with Gasteiger partial charge < -0.3 is 10.1 Å². The third-order valence-corrected chi connectivity index (χ3v) is 3.87. The lowest BCUT2D eigenvalue weighted by molar-refractivity contribution is -0.117. The molecule has 2 rings (SSSR count). The Labute approximate surface area is 129 Å². The summed E-state index contributed by atoms with van der Waals surface area (Å²) in [7, 11) is 0. The lowest BCUT2D eigenvalue weighted by atomic mass is 10.1. The lowest BCUT2D eigenvalue weighted by Gasteiger charge is -2.22. The van der Waals surface area contributed by atoms with Gasteiger partial charge in [0.25, 0.3) is 0 Å². The first-order valence-corrected chi connectivity index (χ1v) is 7.51. The Morgan fingerprint density at radius 1 is 1.57 bits per heavy atom. The standard InChI is InChI=1S/C15H20ClFN2O2/c1-2-19(8-11-5-6-21-10-11)9-15(20)18-14-4-3-12(17)7-13(14)16/h3-4,7,11H,2,5-6,8-10H2,1H3,(H,18,20). The Balaban J connectivity index is 1.86. The SMILES string of the molecule is CCN(CC(=O)Nc1ccc(F)cc1Cl)CC1CCOC1. The maximum Gasteiger partial charge on any atom is 0.238 e. The molecule has 21 heavy (non-hydrogen) atoms. The molecule has 1 N–H and O–H groups in total. The van der Waals surface area contributed by atoms with Crippen molar-refractivity contribution in [2.75, 3.05) is 38.2 Å². The number of nitrogens with one attached hydrogen (secondary N) is 1. The molecule has 0 aromatic heterocycles. The van der Waals surface area contributed by atoms with Crippen molar-refractivity contribution >= 4 is 23.2 Å². The second kappa shape index (κ2) is 7.73. The highest BCUT2D eigenvalue weighted by molar-refractivity contribution is 6.33. The number of hydrogen-bond donors (Lipinski definition) is 1. The van der Waals surface area contributed by atoms with Crippen molar-refractivity contribution in [3.63, 3.8) is 0 Å². The Morgan fingerprint density at radius 3 is 3.00 bits per heavy atom. The smallest absolute Gasteiger partial charge is 0.238 e. The van der Waals surface area contributed by atoms with Crippen molar-refractivity contribution in [1.82, 2.24) is 4.90 Å². The molecule has 0 saturated carbocycles. The summed E-state index contributed by atoms with van der Waals surface area (Å²) in [4.78, 5) is 14.1. The fourth-order valence-corrected chi connectivity index (χ4v) is 2.60. The van der Waals surface area contributed by atoms with Gasteiger partial charge in [0, 0.05) is 13.2 Å². The van der Waals surface area contributed by atoms with Gasteiger partial charge >= 0.3 is 0 Å². The molecule has 1 fully saturated rings. The fraction of sp³-hybridized carbons (Fsp3) is 0.533. The summed E-state index contributed by atoms with van der Waals surface area (Å²) in [5.74, 6) is -0.0779. The zero-order chi connectivity index (χ0) is 15.2. The van der Waals surface area contributed by atoms with Crippen LogP contribution in [0.4, 0.5) is 10.1 Å². The van der Waals surface area contributed by atoms with Crippen LogP contribution in [0, 0.1) is 11.7 Å². The molecule has 0 aliphatic carbocycles. The van der Waals surface area contributed by atoms with E-state index in [0.29, 0.717) is 18.2 Å². The summed E-state index contributed by atoms with van der Waals surface area (Å²) in [5, 5.41) is 2.92. The number of halogens is 2. The van der Waals surface area contributed by atoms with E-state index in [4.69, 9.17) is 16.3 Å². The molecule has 1 aromatic carbocycles. The van der Waals surface area contributed by atoms with Crippen molar-refractivity contribution in [2.45, 2.75) is 13.3 Å². The highest BCUT2D eigenvalue weighted by atomic mass is 35.5. The number of amides is 1. The first kappa shape index (κ1) is 16.2. The fourth-order valence-electron chi connectivity index (χ4n) is 2.38. The van der Waals surface area contributed by atoms with Gasteiger partial charge in [0.1, 0.15) is 5.82 Å². The predicted molar refractivity (Wildman–Crippen MR) is 81.1 cm³/mol. The number of carbonyl (C=O) groups excluding carboxylic acids is 1. The number of anilines is 1. The molecule has 1 atom stereocenters. The normalized spacial score (nSPS) is 18.2. The van der Waals surface area contributed by atoms with Gasteiger partial charge in [-0.25, -0.2) is 4.39 Å². The second-order valence-electron chi connectivity index (χ2n) is 5.23. The van der Waals surface area contributed by atoms with E-state index in [-0.39, 0.29) is 10.9 Å². The van der Waals surface area contributed by atoms with Gasteiger partial charge in [-0.15, -0.1) is 0 Å². The molecule has 0 radical (unpaired) electrons. The molecule has 1 heterocycles. The van der Waals surface area contributed by atoms with E-state index in [1.807, 2.05) is 6.92 Å². The molecule has 1 aromatic rings. The Bertz CT molecular complexity index is 493. The Hall–Kier alpha value is -1.17. The predicted octanol–water partition coefficient (Wildman–Crippen LogP) is 2.78. The van der Waals surface area contributed by atoms with Gasteiger partial charge in [0.15, 0.2) is 0 Å². The van der Waals surface area contributed by atoms with Crippen LogP contribution in [0.1, 0.15) is 13.3 Å². The maximum atomic E-state index is 13.0. The van der Waals surface area contributed by atoms with Gasteiger partial charge in [-0.05, 0) is 37.1 Å². The molecule has 6 heteroatoms.